The maximum absolute atomic E-state index is 14.8. The van der Waals surface area contributed by atoms with Gasteiger partial charge in [-0.15, -0.1) is 11.3 Å². The molecule has 6 rings (SSSR count). The smallest absolute Gasteiger partial charge is 0.409 e. The molecule has 9 heteroatoms. The first-order valence-corrected chi connectivity index (χ1v) is 15.8. The van der Waals surface area contributed by atoms with Gasteiger partial charge < -0.3 is 24.8 Å². The Morgan fingerprint density at radius 2 is 1.90 bits per heavy atom. The molecule has 2 saturated heterocycles. The summed E-state index contributed by atoms with van der Waals surface area (Å²) in [6.45, 7) is 2.97. The molecule has 3 fully saturated rings. The van der Waals surface area contributed by atoms with Gasteiger partial charge in [-0.3, -0.25) is 4.79 Å². The summed E-state index contributed by atoms with van der Waals surface area (Å²) >= 11 is 1.68. The van der Waals surface area contributed by atoms with E-state index in [9.17, 15) is 9.59 Å². The van der Waals surface area contributed by atoms with E-state index < -0.39 is 5.41 Å². The van der Waals surface area contributed by atoms with Crippen molar-refractivity contribution in [2.75, 3.05) is 52.3 Å². The number of benzene rings is 1. The normalized spacial score (nSPS) is 28.9. The first-order chi connectivity index (χ1) is 19.4. The summed E-state index contributed by atoms with van der Waals surface area (Å²) in [6.07, 6.45) is 7.94. The van der Waals surface area contributed by atoms with Gasteiger partial charge in [0.25, 0.3) is 0 Å². The van der Waals surface area contributed by atoms with Crippen LogP contribution in [0.1, 0.15) is 67.0 Å². The minimum absolute atomic E-state index is 0.242. The van der Waals surface area contributed by atoms with Crippen molar-refractivity contribution < 1.29 is 14.3 Å². The molecule has 0 unspecified atom stereocenters. The minimum Gasteiger partial charge on any atom is -0.453 e. The van der Waals surface area contributed by atoms with Gasteiger partial charge in [-0.05, 0) is 43.1 Å². The lowest BCUT2D eigenvalue weighted by atomic mass is 9.71. The van der Waals surface area contributed by atoms with Gasteiger partial charge in [-0.25, -0.2) is 9.78 Å². The van der Waals surface area contributed by atoms with E-state index in [2.05, 4.69) is 40.5 Å². The van der Waals surface area contributed by atoms with Gasteiger partial charge in [0.1, 0.15) is 0 Å². The number of fused-ring (bicyclic) bond motifs is 2. The third-order valence-electron chi connectivity index (χ3n) is 9.91. The molecule has 1 aliphatic carbocycles. The Bertz CT molecular complexity index is 1210. The molecular weight excluding hydrogens is 522 g/mol. The molecule has 2 aromatic rings. The fourth-order valence-corrected chi connectivity index (χ4v) is 9.12. The fraction of sp³-hybridized carbons (Fsp3) is 0.645. The van der Waals surface area contributed by atoms with Crippen LogP contribution >= 0.6 is 11.3 Å². The topological polar surface area (TPSA) is 78.0 Å². The van der Waals surface area contributed by atoms with Gasteiger partial charge >= 0.3 is 6.09 Å². The highest BCUT2D eigenvalue weighted by molar-refractivity contribution is 7.16. The van der Waals surface area contributed by atoms with Gasteiger partial charge in [0.05, 0.1) is 25.3 Å². The Morgan fingerprint density at radius 3 is 2.62 bits per heavy atom. The van der Waals surface area contributed by atoms with Crippen molar-refractivity contribution in [3.63, 3.8) is 0 Å². The SMILES string of the molecule is COC(=O)N1Cc2nc(N(C)C)sc2[C@@]2(CNC[C@H]2C(=O)N2CC[C@@H](c3ccccc3)C[C@H]2C2CCCCC2)C1. The van der Waals surface area contributed by atoms with Gasteiger partial charge in [0.2, 0.25) is 5.91 Å². The van der Waals surface area contributed by atoms with Crippen LogP contribution in [0.2, 0.25) is 0 Å². The summed E-state index contributed by atoms with van der Waals surface area (Å²) in [5, 5.41) is 4.49. The summed E-state index contributed by atoms with van der Waals surface area (Å²) in [5.41, 5.74) is 1.80. The number of piperidine rings is 1. The first kappa shape index (κ1) is 27.5. The van der Waals surface area contributed by atoms with Crippen LogP contribution in [0, 0.1) is 11.8 Å². The number of thiazole rings is 1. The molecule has 1 saturated carbocycles. The van der Waals surface area contributed by atoms with Crippen molar-refractivity contribution in [1.29, 1.82) is 0 Å². The molecule has 0 radical (unpaired) electrons. The highest BCUT2D eigenvalue weighted by Gasteiger charge is 2.56. The van der Waals surface area contributed by atoms with E-state index in [1.807, 2.05) is 19.0 Å². The molecule has 216 valence electrons. The average Bonchev–Trinajstić information content (AvgIpc) is 3.62. The number of ether oxygens (including phenoxy) is 1. The first-order valence-electron chi connectivity index (χ1n) is 15.0. The number of hydrogen-bond acceptors (Lipinski definition) is 7. The van der Waals surface area contributed by atoms with Crippen LogP contribution in [0.25, 0.3) is 0 Å². The van der Waals surface area contributed by atoms with E-state index in [4.69, 9.17) is 9.72 Å². The Balaban J connectivity index is 1.34. The molecule has 4 aliphatic rings. The predicted octanol–water partition coefficient (Wildman–Crippen LogP) is 4.60. The lowest BCUT2D eigenvalue weighted by Crippen LogP contribution is -2.58. The Hall–Kier alpha value is -2.65. The molecule has 4 heterocycles. The second-order valence-corrected chi connectivity index (χ2v) is 13.4. The number of carbonyl (C=O) groups is 2. The zero-order chi connectivity index (χ0) is 27.9. The van der Waals surface area contributed by atoms with Crippen molar-refractivity contribution >= 4 is 28.5 Å². The van der Waals surface area contributed by atoms with Crippen LogP contribution < -0.4 is 10.2 Å². The molecule has 1 aromatic heterocycles. The number of rotatable bonds is 4. The zero-order valence-electron chi connectivity index (χ0n) is 24.1. The largest absolute Gasteiger partial charge is 0.453 e. The van der Waals surface area contributed by atoms with Gasteiger partial charge in [0, 0.05) is 56.6 Å². The van der Waals surface area contributed by atoms with Crippen LogP contribution in [0.15, 0.2) is 30.3 Å². The summed E-state index contributed by atoms with van der Waals surface area (Å²) < 4.78 is 5.16. The summed E-state index contributed by atoms with van der Waals surface area (Å²) in [4.78, 5) is 39.7. The fourth-order valence-electron chi connectivity index (χ4n) is 7.89. The number of aromatic nitrogens is 1. The van der Waals surface area contributed by atoms with Gasteiger partial charge in [0.15, 0.2) is 5.13 Å². The third-order valence-corrected chi connectivity index (χ3v) is 11.4. The molecular formula is C31H43N5O3S. The molecule has 4 atom stereocenters. The number of nitrogens with one attached hydrogen (secondary N) is 1. The van der Waals surface area contributed by atoms with Crippen LogP contribution in [-0.4, -0.2) is 80.2 Å². The van der Waals surface area contributed by atoms with Crippen LogP contribution in [0.3, 0.4) is 0 Å². The quantitative estimate of drug-likeness (QED) is 0.584. The van der Waals surface area contributed by atoms with E-state index in [0.29, 0.717) is 38.0 Å². The molecule has 40 heavy (non-hydrogen) atoms. The number of anilines is 1. The second-order valence-electron chi connectivity index (χ2n) is 12.5. The van der Waals surface area contributed by atoms with Crippen molar-refractivity contribution in [2.24, 2.45) is 11.8 Å². The van der Waals surface area contributed by atoms with Crippen molar-refractivity contribution in [3.8, 4) is 0 Å². The summed E-state index contributed by atoms with van der Waals surface area (Å²) in [5.74, 6) is 1.07. The number of likely N-dealkylation sites (tertiary alicyclic amines) is 1. The van der Waals surface area contributed by atoms with Gasteiger partial charge in [-0.1, -0.05) is 49.6 Å². The van der Waals surface area contributed by atoms with Gasteiger partial charge in [-0.2, -0.15) is 0 Å². The molecule has 8 nitrogen and oxygen atoms in total. The number of nitrogens with zero attached hydrogens (tertiary/aromatic N) is 4. The second kappa shape index (κ2) is 11.3. The highest BCUT2D eigenvalue weighted by Crippen LogP contribution is 2.48. The molecule has 3 aliphatic heterocycles. The number of amides is 2. The Morgan fingerprint density at radius 1 is 1.12 bits per heavy atom. The maximum Gasteiger partial charge on any atom is 0.409 e. The molecule has 1 N–H and O–H groups in total. The Kier molecular flexibility index (Phi) is 7.79. The van der Waals surface area contributed by atoms with Crippen molar-refractivity contribution in [1.82, 2.24) is 20.1 Å². The lowest BCUT2D eigenvalue weighted by molar-refractivity contribution is -0.143. The molecule has 0 bridgehead atoms. The Labute approximate surface area is 242 Å². The summed E-state index contributed by atoms with van der Waals surface area (Å²) in [7, 11) is 5.42. The molecule has 1 aromatic carbocycles. The monoisotopic (exact) mass is 565 g/mol. The highest BCUT2D eigenvalue weighted by atomic mass is 32.1. The maximum atomic E-state index is 14.8. The van der Waals surface area contributed by atoms with Crippen molar-refractivity contribution in [3.05, 3.63) is 46.5 Å². The van der Waals surface area contributed by atoms with E-state index in [1.54, 1.807) is 16.2 Å². The zero-order valence-corrected chi connectivity index (χ0v) is 24.9. The molecule has 1 spiro atoms. The lowest BCUT2D eigenvalue weighted by Gasteiger charge is -2.48. The number of carbonyl (C=O) groups excluding carboxylic acids is 2. The minimum atomic E-state index is -0.502. The summed E-state index contributed by atoms with van der Waals surface area (Å²) in [6, 6.07) is 11.1. The number of methoxy groups -OCH3 is 1. The predicted molar refractivity (Wildman–Crippen MR) is 158 cm³/mol. The van der Waals surface area contributed by atoms with E-state index in [0.717, 1.165) is 35.1 Å². The van der Waals surface area contributed by atoms with E-state index in [-0.39, 0.29) is 24.0 Å². The van der Waals surface area contributed by atoms with Crippen molar-refractivity contribution in [2.45, 2.75) is 68.9 Å². The standard InChI is InChI=1S/C31H43N5O3S/c1-34(2)29-33-25-18-35(30(38)39-3)20-31(27(25)40-29)19-32-17-24(31)28(37)36-15-14-23(21-10-6-4-7-11-21)16-26(36)22-12-8-5-9-13-22/h4,6-7,10-11,22-24,26,32H,5,8-9,12-20H2,1-3H3/t23-,24+,26+,31+/m1/s1. The van der Waals surface area contributed by atoms with Crippen LogP contribution in [0.4, 0.5) is 9.93 Å². The average molecular weight is 566 g/mol. The van der Waals surface area contributed by atoms with Crippen LogP contribution in [0.5, 0.6) is 0 Å². The molecule has 2 amide bonds. The van der Waals surface area contributed by atoms with E-state index in [1.165, 1.54) is 44.8 Å². The van der Waals surface area contributed by atoms with E-state index >= 15 is 0 Å². The third kappa shape index (κ3) is 4.89. The number of hydrogen-bond donors (Lipinski definition) is 1. The van der Waals surface area contributed by atoms with Crippen LogP contribution in [-0.2, 0) is 21.5 Å².